The number of carbonyl (C=O) groups excluding carboxylic acids is 3. The molecule has 1 aromatic heterocycles. The molecule has 0 radical (unpaired) electrons. The molecule has 0 spiro atoms. The summed E-state index contributed by atoms with van der Waals surface area (Å²) in [5.74, 6) is -0.144. The fourth-order valence-corrected chi connectivity index (χ4v) is 4.70. The number of hydrogen-bond acceptors (Lipinski definition) is 5. The smallest absolute Gasteiger partial charge is 0.248 e. The van der Waals surface area contributed by atoms with E-state index in [4.69, 9.17) is 0 Å². The lowest BCUT2D eigenvalue weighted by atomic mass is 10.0. The summed E-state index contributed by atoms with van der Waals surface area (Å²) in [6.45, 7) is 0.594. The summed E-state index contributed by atoms with van der Waals surface area (Å²) in [7, 11) is 0. The predicted octanol–water partition coefficient (Wildman–Crippen LogP) is 2.83. The molecule has 140 valence electrons. The van der Waals surface area contributed by atoms with E-state index in [1.54, 1.807) is 4.90 Å². The van der Waals surface area contributed by atoms with Crippen LogP contribution in [0.3, 0.4) is 0 Å². The Kier molecular flexibility index (Phi) is 5.03. The molecule has 1 saturated heterocycles. The molecule has 1 aliphatic heterocycles. The van der Waals surface area contributed by atoms with Crippen LogP contribution >= 0.6 is 11.3 Å². The van der Waals surface area contributed by atoms with Gasteiger partial charge in [-0.15, -0.1) is 0 Å². The summed E-state index contributed by atoms with van der Waals surface area (Å²) in [5.41, 5.74) is 1.73. The Morgan fingerprint density at radius 1 is 1.19 bits per heavy atom. The van der Waals surface area contributed by atoms with Crippen LogP contribution in [0.15, 0.2) is 30.3 Å². The standard InChI is InChI=1S/C20H21N3O3S/c24-16-10-4-8-14-18(16)27-20(21-14)22-19(26)15-9-5-11-23(15)17(25)12-13-6-2-1-3-7-13/h1-3,6-7,15H,4-5,8-12H2,(H,21,22,26). The fourth-order valence-electron chi connectivity index (χ4n) is 3.72. The maximum Gasteiger partial charge on any atom is 0.248 e. The van der Waals surface area contributed by atoms with Gasteiger partial charge in [0.1, 0.15) is 6.04 Å². The molecular formula is C20H21N3O3S. The highest BCUT2D eigenvalue weighted by Gasteiger charge is 2.34. The first-order valence-electron chi connectivity index (χ1n) is 9.29. The second kappa shape index (κ2) is 7.60. The van der Waals surface area contributed by atoms with Crippen molar-refractivity contribution in [3.8, 4) is 0 Å². The predicted molar refractivity (Wildman–Crippen MR) is 103 cm³/mol. The minimum Gasteiger partial charge on any atom is -0.330 e. The van der Waals surface area contributed by atoms with Crippen LogP contribution in [0.2, 0.25) is 0 Å². The van der Waals surface area contributed by atoms with Crippen LogP contribution in [0.25, 0.3) is 0 Å². The molecule has 27 heavy (non-hydrogen) atoms. The number of aromatic nitrogens is 1. The lowest BCUT2D eigenvalue weighted by Gasteiger charge is -2.23. The number of nitrogens with zero attached hydrogens (tertiary/aromatic N) is 2. The fraction of sp³-hybridized carbons (Fsp3) is 0.400. The first kappa shape index (κ1) is 17.9. The molecule has 6 nitrogen and oxygen atoms in total. The van der Waals surface area contributed by atoms with Gasteiger partial charge in [0.15, 0.2) is 10.9 Å². The molecule has 7 heteroatoms. The molecule has 0 bridgehead atoms. The number of carbonyl (C=O) groups is 3. The molecule has 1 aromatic carbocycles. The normalized spacial score (nSPS) is 19.0. The number of likely N-dealkylation sites (tertiary alicyclic amines) is 1. The number of aryl methyl sites for hydroxylation is 1. The topological polar surface area (TPSA) is 79.4 Å². The average Bonchev–Trinajstić information content (AvgIpc) is 3.30. The van der Waals surface area contributed by atoms with Crippen LogP contribution in [0.1, 0.15) is 46.6 Å². The van der Waals surface area contributed by atoms with E-state index in [2.05, 4.69) is 10.3 Å². The van der Waals surface area contributed by atoms with Gasteiger partial charge in [0.05, 0.1) is 17.0 Å². The molecule has 2 aliphatic rings. The minimum absolute atomic E-state index is 0.0348. The summed E-state index contributed by atoms with van der Waals surface area (Å²) in [6.07, 6.45) is 3.89. The first-order valence-corrected chi connectivity index (χ1v) is 10.1. The number of ketones is 1. The average molecular weight is 383 g/mol. The van der Waals surface area contributed by atoms with Crippen molar-refractivity contribution in [3.05, 3.63) is 46.5 Å². The molecule has 0 saturated carbocycles. The Morgan fingerprint density at radius 2 is 2.00 bits per heavy atom. The van der Waals surface area contributed by atoms with Crippen molar-refractivity contribution in [1.82, 2.24) is 9.88 Å². The molecule has 1 N–H and O–H groups in total. The molecule has 4 rings (SSSR count). The zero-order chi connectivity index (χ0) is 18.8. The summed E-state index contributed by atoms with van der Waals surface area (Å²) in [4.78, 5) is 44.1. The maximum atomic E-state index is 12.8. The van der Waals surface area contributed by atoms with Gasteiger partial charge in [-0.25, -0.2) is 4.98 Å². The van der Waals surface area contributed by atoms with E-state index in [9.17, 15) is 14.4 Å². The quantitative estimate of drug-likeness (QED) is 0.880. The van der Waals surface area contributed by atoms with Gasteiger partial charge in [-0.3, -0.25) is 14.4 Å². The van der Waals surface area contributed by atoms with Crippen molar-refractivity contribution in [1.29, 1.82) is 0 Å². The van der Waals surface area contributed by atoms with Crippen LogP contribution < -0.4 is 5.32 Å². The number of amides is 2. The number of hydrogen-bond donors (Lipinski definition) is 1. The van der Waals surface area contributed by atoms with Gasteiger partial charge in [-0.2, -0.15) is 0 Å². The molecule has 2 amide bonds. The Morgan fingerprint density at radius 3 is 2.78 bits per heavy atom. The van der Waals surface area contributed by atoms with Crippen molar-refractivity contribution in [2.75, 3.05) is 11.9 Å². The second-order valence-electron chi connectivity index (χ2n) is 6.97. The number of benzene rings is 1. The molecule has 1 unspecified atom stereocenters. The number of thiazole rings is 1. The van der Waals surface area contributed by atoms with Crippen LogP contribution in [0.5, 0.6) is 0 Å². The molecule has 1 atom stereocenters. The van der Waals surface area contributed by atoms with E-state index >= 15 is 0 Å². The first-order chi connectivity index (χ1) is 13.1. The number of anilines is 1. The summed E-state index contributed by atoms with van der Waals surface area (Å²) >= 11 is 1.25. The number of rotatable bonds is 4. The van der Waals surface area contributed by atoms with Gasteiger partial charge in [-0.1, -0.05) is 41.7 Å². The van der Waals surface area contributed by atoms with E-state index < -0.39 is 6.04 Å². The highest BCUT2D eigenvalue weighted by molar-refractivity contribution is 7.17. The molecule has 1 aliphatic carbocycles. The van der Waals surface area contributed by atoms with Gasteiger partial charge >= 0.3 is 0 Å². The van der Waals surface area contributed by atoms with Crippen molar-refractivity contribution in [3.63, 3.8) is 0 Å². The minimum atomic E-state index is -0.474. The lowest BCUT2D eigenvalue weighted by molar-refractivity contribution is -0.136. The Labute approximate surface area is 161 Å². The molecular weight excluding hydrogens is 362 g/mol. The van der Waals surface area contributed by atoms with E-state index in [-0.39, 0.29) is 17.6 Å². The number of Topliss-reactive ketones (excluding diaryl/α,β-unsaturated/α-hetero) is 1. The van der Waals surface area contributed by atoms with Crippen LogP contribution in [-0.2, 0) is 22.4 Å². The van der Waals surface area contributed by atoms with E-state index in [1.165, 1.54) is 11.3 Å². The van der Waals surface area contributed by atoms with Crippen molar-refractivity contribution >= 4 is 34.1 Å². The number of nitrogens with one attached hydrogen (secondary N) is 1. The SMILES string of the molecule is O=C1CCCc2nc(NC(=O)C3CCCN3C(=O)Cc3ccccc3)sc21. The molecule has 2 aromatic rings. The lowest BCUT2D eigenvalue weighted by Crippen LogP contribution is -2.43. The summed E-state index contributed by atoms with van der Waals surface area (Å²) in [6, 6.07) is 9.08. The van der Waals surface area contributed by atoms with Crippen molar-refractivity contribution < 1.29 is 14.4 Å². The Bertz CT molecular complexity index is 878. The van der Waals surface area contributed by atoms with Gasteiger partial charge in [0.25, 0.3) is 0 Å². The van der Waals surface area contributed by atoms with Crippen LogP contribution in [0.4, 0.5) is 5.13 Å². The molecule has 1 fully saturated rings. The zero-order valence-corrected chi connectivity index (χ0v) is 15.8. The van der Waals surface area contributed by atoms with Gasteiger partial charge < -0.3 is 10.2 Å². The van der Waals surface area contributed by atoms with Crippen LogP contribution in [-0.4, -0.2) is 40.1 Å². The third kappa shape index (κ3) is 3.78. The van der Waals surface area contributed by atoms with E-state index in [0.29, 0.717) is 35.8 Å². The highest BCUT2D eigenvalue weighted by atomic mass is 32.1. The third-order valence-corrected chi connectivity index (χ3v) is 6.13. The van der Waals surface area contributed by atoms with Gasteiger partial charge in [0, 0.05) is 13.0 Å². The number of fused-ring (bicyclic) bond motifs is 1. The molecule has 2 heterocycles. The van der Waals surface area contributed by atoms with Crippen LogP contribution in [0, 0.1) is 0 Å². The maximum absolute atomic E-state index is 12.8. The Hall–Kier alpha value is -2.54. The van der Waals surface area contributed by atoms with E-state index in [1.807, 2.05) is 30.3 Å². The largest absolute Gasteiger partial charge is 0.330 e. The van der Waals surface area contributed by atoms with E-state index in [0.717, 1.165) is 30.5 Å². The van der Waals surface area contributed by atoms with Gasteiger partial charge in [-0.05, 0) is 31.2 Å². The monoisotopic (exact) mass is 383 g/mol. The van der Waals surface area contributed by atoms with Gasteiger partial charge in [0.2, 0.25) is 11.8 Å². The highest BCUT2D eigenvalue weighted by Crippen LogP contribution is 2.30. The zero-order valence-electron chi connectivity index (χ0n) is 14.9. The Balaban J connectivity index is 1.43. The third-order valence-electron chi connectivity index (χ3n) is 5.07. The second-order valence-corrected chi connectivity index (χ2v) is 7.97. The van der Waals surface area contributed by atoms with Crippen molar-refractivity contribution in [2.24, 2.45) is 0 Å². The summed E-state index contributed by atoms with van der Waals surface area (Å²) < 4.78 is 0. The summed E-state index contributed by atoms with van der Waals surface area (Å²) in [5, 5.41) is 3.29. The van der Waals surface area contributed by atoms with Crippen molar-refractivity contribution in [2.45, 2.75) is 44.6 Å².